The Morgan fingerprint density at radius 1 is 1.03 bits per heavy atom. The highest BCUT2D eigenvalue weighted by atomic mass is 16.2. The van der Waals surface area contributed by atoms with Gasteiger partial charge in [0.1, 0.15) is 5.65 Å². The largest absolute Gasteiger partial charge is 0.361 e. The van der Waals surface area contributed by atoms with Crippen LogP contribution in [-0.2, 0) is 13.6 Å². The molecule has 1 amide bonds. The Labute approximate surface area is 223 Å². The van der Waals surface area contributed by atoms with Crippen molar-refractivity contribution in [2.75, 3.05) is 27.2 Å². The number of rotatable bonds is 5. The van der Waals surface area contributed by atoms with Crippen molar-refractivity contribution in [3.63, 3.8) is 0 Å². The fourth-order valence-corrected chi connectivity index (χ4v) is 5.91. The summed E-state index contributed by atoms with van der Waals surface area (Å²) < 4.78 is 2.26. The Morgan fingerprint density at radius 3 is 2.53 bits per heavy atom. The number of nitrogens with one attached hydrogen (secondary N) is 1. The van der Waals surface area contributed by atoms with E-state index in [-0.39, 0.29) is 5.91 Å². The number of piperidine rings is 1. The molecule has 1 aliphatic rings. The number of aryl methyl sites for hydroxylation is 2. The Bertz CT molecular complexity index is 1620. The number of likely N-dealkylation sites (tertiary alicyclic amines) is 1. The number of aromatic amines is 1. The lowest BCUT2D eigenvalue weighted by Crippen LogP contribution is -2.33. The van der Waals surface area contributed by atoms with Crippen LogP contribution in [0.4, 0.5) is 0 Å². The Morgan fingerprint density at radius 2 is 1.79 bits per heavy atom. The van der Waals surface area contributed by atoms with Crippen molar-refractivity contribution in [2.24, 2.45) is 7.05 Å². The minimum Gasteiger partial charge on any atom is -0.361 e. The van der Waals surface area contributed by atoms with Crippen molar-refractivity contribution in [3.8, 4) is 11.1 Å². The molecule has 5 aromatic rings. The maximum atomic E-state index is 12.2. The first-order valence-corrected chi connectivity index (χ1v) is 13.4. The molecule has 3 aromatic heterocycles. The Kier molecular flexibility index (Phi) is 6.28. The zero-order valence-electron chi connectivity index (χ0n) is 22.7. The average molecular weight is 506 g/mol. The van der Waals surface area contributed by atoms with Crippen LogP contribution < -0.4 is 0 Å². The van der Waals surface area contributed by atoms with Crippen LogP contribution in [0.2, 0.25) is 0 Å². The maximum Gasteiger partial charge on any atom is 0.253 e. The summed E-state index contributed by atoms with van der Waals surface area (Å²) in [4.78, 5) is 24.5. The maximum absolute atomic E-state index is 12.2. The number of fused-ring (bicyclic) bond motifs is 2. The topological polar surface area (TPSA) is 57.2 Å². The molecule has 4 heterocycles. The number of carbonyl (C=O) groups is 1. The molecule has 1 saturated heterocycles. The third-order valence-corrected chi connectivity index (χ3v) is 8.24. The van der Waals surface area contributed by atoms with Gasteiger partial charge in [0, 0.05) is 67.6 Å². The van der Waals surface area contributed by atoms with Gasteiger partial charge in [0.2, 0.25) is 0 Å². The standard InChI is InChI=1S/C32H35N5O/c1-21-19-34-30-10-9-25(17-28(21)30)27-11-14-33-31-29(27)18-26(36(31)4)20-37-15-12-23(13-16-37)22-5-7-24(8-6-22)32(38)35(2)3/h5-11,14,17-19,23,34H,12-13,15-16,20H2,1-4H3. The summed E-state index contributed by atoms with van der Waals surface area (Å²) >= 11 is 0. The molecule has 0 spiro atoms. The number of pyridine rings is 1. The van der Waals surface area contributed by atoms with Gasteiger partial charge in [-0.2, -0.15) is 0 Å². The lowest BCUT2D eigenvalue weighted by molar-refractivity contribution is 0.0827. The minimum absolute atomic E-state index is 0.0547. The Balaban J connectivity index is 1.18. The van der Waals surface area contributed by atoms with Crippen LogP contribution in [0.15, 0.2) is 67.0 Å². The first kappa shape index (κ1) is 24.4. The van der Waals surface area contributed by atoms with Gasteiger partial charge in [0.15, 0.2) is 0 Å². The van der Waals surface area contributed by atoms with Crippen LogP contribution in [0.1, 0.15) is 45.9 Å². The molecule has 38 heavy (non-hydrogen) atoms. The molecule has 2 aromatic carbocycles. The number of H-pyrrole nitrogens is 1. The van der Waals surface area contributed by atoms with E-state index in [0.29, 0.717) is 5.92 Å². The smallest absolute Gasteiger partial charge is 0.253 e. The molecule has 0 unspecified atom stereocenters. The van der Waals surface area contributed by atoms with Crippen LogP contribution in [0.5, 0.6) is 0 Å². The fraction of sp³-hybridized carbons (Fsp3) is 0.312. The normalized spacial score (nSPS) is 14.9. The highest BCUT2D eigenvalue weighted by molar-refractivity contribution is 5.97. The SMILES string of the molecule is Cc1c[nH]c2ccc(-c3ccnc4c3cc(CN3CCC(c5ccc(C(=O)N(C)C)cc5)CC3)n4C)cc12. The summed E-state index contributed by atoms with van der Waals surface area (Å²) in [6.07, 6.45) is 6.26. The van der Waals surface area contributed by atoms with Crippen molar-refractivity contribution in [1.29, 1.82) is 0 Å². The van der Waals surface area contributed by atoms with E-state index in [4.69, 9.17) is 4.98 Å². The molecule has 1 N–H and O–H groups in total. The Hall–Kier alpha value is -3.90. The van der Waals surface area contributed by atoms with Gasteiger partial charge in [0.05, 0.1) is 0 Å². The van der Waals surface area contributed by atoms with Crippen LogP contribution in [0.3, 0.4) is 0 Å². The van der Waals surface area contributed by atoms with Crippen molar-refractivity contribution in [2.45, 2.75) is 32.2 Å². The zero-order chi connectivity index (χ0) is 26.4. The van der Waals surface area contributed by atoms with Gasteiger partial charge in [-0.15, -0.1) is 0 Å². The van der Waals surface area contributed by atoms with Gasteiger partial charge in [-0.3, -0.25) is 9.69 Å². The van der Waals surface area contributed by atoms with E-state index in [1.807, 2.05) is 18.3 Å². The second kappa shape index (κ2) is 9.76. The zero-order valence-corrected chi connectivity index (χ0v) is 22.7. The van der Waals surface area contributed by atoms with Crippen molar-refractivity contribution in [3.05, 3.63) is 89.4 Å². The van der Waals surface area contributed by atoms with Gasteiger partial charge in [-0.1, -0.05) is 18.2 Å². The molecule has 0 bridgehead atoms. The van der Waals surface area contributed by atoms with Crippen LogP contribution in [-0.4, -0.2) is 57.4 Å². The third-order valence-electron chi connectivity index (χ3n) is 8.24. The lowest BCUT2D eigenvalue weighted by Gasteiger charge is -2.32. The van der Waals surface area contributed by atoms with E-state index in [2.05, 4.69) is 77.1 Å². The molecule has 6 heteroatoms. The number of aromatic nitrogens is 3. The molecular weight excluding hydrogens is 470 g/mol. The predicted octanol–water partition coefficient (Wildman–Crippen LogP) is 6.11. The predicted molar refractivity (Wildman–Crippen MR) is 154 cm³/mol. The summed E-state index contributed by atoms with van der Waals surface area (Å²) in [6, 6.07) is 19.4. The molecule has 0 saturated carbocycles. The number of nitrogens with zero attached hydrogens (tertiary/aromatic N) is 4. The molecular formula is C32H35N5O. The minimum atomic E-state index is 0.0547. The van der Waals surface area contributed by atoms with E-state index < -0.39 is 0 Å². The molecule has 6 rings (SSSR count). The van der Waals surface area contributed by atoms with Crippen molar-refractivity contribution < 1.29 is 4.79 Å². The van der Waals surface area contributed by atoms with E-state index >= 15 is 0 Å². The van der Waals surface area contributed by atoms with Crippen molar-refractivity contribution in [1.82, 2.24) is 24.3 Å². The number of hydrogen-bond acceptors (Lipinski definition) is 3. The number of carbonyl (C=O) groups excluding carboxylic acids is 1. The highest BCUT2D eigenvalue weighted by Gasteiger charge is 2.22. The molecule has 0 radical (unpaired) electrons. The second-order valence-corrected chi connectivity index (χ2v) is 10.9. The summed E-state index contributed by atoms with van der Waals surface area (Å²) in [5.41, 5.74) is 9.32. The molecule has 6 nitrogen and oxygen atoms in total. The van der Waals surface area contributed by atoms with Gasteiger partial charge in [0.25, 0.3) is 5.91 Å². The average Bonchev–Trinajstić information content (AvgIpc) is 3.47. The van der Waals surface area contributed by atoms with Crippen LogP contribution in [0, 0.1) is 6.92 Å². The number of benzene rings is 2. The first-order chi connectivity index (χ1) is 18.4. The van der Waals surface area contributed by atoms with Crippen LogP contribution in [0.25, 0.3) is 33.1 Å². The summed E-state index contributed by atoms with van der Waals surface area (Å²) in [5, 5.41) is 2.48. The van der Waals surface area contributed by atoms with Gasteiger partial charge in [-0.05, 0) is 97.4 Å². The van der Waals surface area contributed by atoms with Gasteiger partial charge in [-0.25, -0.2) is 4.98 Å². The van der Waals surface area contributed by atoms with Gasteiger partial charge >= 0.3 is 0 Å². The number of hydrogen-bond donors (Lipinski definition) is 1. The van der Waals surface area contributed by atoms with E-state index in [1.54, 1.807) is 19.0 Å². The summed E-state index contributed by atoms with van der Waals surface area (Å²) in [7, 11) is 5.72. The van der Waals surface area contributed by atoms with Crippen LogP contribution >= 0.6 is 0 Å². The third kappa shape index (κ3) is 4.39. The molecule has 0 aliphatic carbocycles. The lowest BCUT2D eigenvalue weighted by atomic mass is 9.89. The second-order valence-electron chi connectivity index (χ2n) is 10.9. The molecule has 194 valence electrons. The fourth-order valence-electron chi connectivity index (χ4n) is 5.91. The molecule has 1 fully saturated rings. The highest BCUT2D eigenvalue weighted by Crippen LogP contribution is 2.33. The monoisotopic (exact) mass is 505 g/mol. The quantitative estimate of drug-likeness (QED) is 0.313. The number of amides is 1. The summed E-state index contributed by atoms with van der Waals surface area (Å²) in [6.45, 7) is 5.20. The van der Waals surface area contributed by atoms with E-state index in [9.17, 15) is 4.79 Å². The first-order valence-electron chi connectivity index (χ1n) is 13.4. The van der Waals surface area contributed by atoms with Gasteiger partial charge < -0.3 is 14.5 Å². The summed E-state index contributed by atoms with van der Waals surface area (Å²) in [5.74, 6) is 0.599. The molecule has 0 atom stereocenters. The molecule has 1 aliphatic heterocycles. The van der Waals surface area contributed by atoms with Crippen molar-refractivity contribution >= 4 is 27.8 Å². The van der Waals surface area contributed by atoms with E-state index in [0.717, 1.165) is 43.7 Å². The van der Waals surface area contributed by atoms with E-state index in [1.165, 1.54) is 44.2 Å².